The average Bonchev–Trinajstić information content (AvgIpc) is 2.95. The normalized spacial score (nSPS) is 15.3. The van der Waals surface area contributed by atoms with Gasteiger partial charge in [-0.05, 0) is 25.1 Å². The second-order valence-electron chi connectivity index (χ2n) is 5.77. The van der Waals surface area contributed by atoms with E-state index in [1.165, 1.54) is 4.88 Å². The fraction of sp³-hybridized carbons (Fsp3) is 0.294. The number of nitrogens with zero attached hydrogens (tertiary/aromatic N) is 4. The Labute approximate surface area is 138 Å². The molecule has 0 bridgehead atoms. The molecule has 0 spiro atoms. The van der Waals surface area contributed by atoms with Crippen molar-refractivity contribution in [2.45, 2.75) is 6.92 Å². The van der Waals surface area contributed by atoms with E-state index in [-0.39, 0.29) is 0 Å². The summed E-state index contributed by atoms with van der Waals surface area (Å²) in [4.78, 5) is 15.8. The summed E-state index contributed by atoms with van der Waals surface area (Å²) < 4.78 is 0. The monoisotopic (exact) mass is 326 g/mol. The molecule has 0 radical (unpaired) electrons. The lowest BCUT2D eigenvalue weighted by molar-refractivity contribution is 0.475. The lowest BCUT2D eigenvalue weighted by Gasteiger charge is -2.36. The van der Waals surface area contributed by atoms with Crippen LogP contribution in [0, 0.1) is 6.92 Å². The van der Waals surface area contributed by atoms with Crippen LogP contribution in [0.2, 0.25) is 0 Å². The van der Waals surface area contributed by atoms with Gasteiger partial charge in [0.15, 0.2) is 0 Å². The van der Waals surface area contributed by atoms with Crippen molar-refractivity contribution in [1.82, 2.24) is 9.97 Å². The Morgan fingerprint density at radius 3 is 2.61 bits per heavy atom. The number of hydrogen-bond acceptors (Lipinski definition) is 6. The molecule has 118 valence electrons. The molecule has 3 aromatic rings. The maximum atomic E-state index is 9.64. The van der Waals surface area contributed by atoms with Gasteiger partial charge in [0, 0.05) is 42.8 Å². The van der Waals surface area contributed by atoms with E-state index in [4.69, 9.17) is 0 Å². The Bertz CT molecular complexity index is 839. The van der Waals surface area contributed by atoms with Gasteiger partial charge in [-0.1, -0.05) is 6.07 Å². The molecule has 4 rings (SSSR count). The van der Waals surface area contributed by atoms with E-state index in [1.54, 1.807) is 23.7 Å². The molecule has 5 nitrogen and oxygen atoms in total. The van der Waals surface area contributed by atoms with Crippen LogP contribution in [-0.4, -0.2) is 41.3 Å². The van der Waals surface area contributed by atoms with Gasteiger partial charge in [-0.3, -0.25) is 0 Å². The van der Waals surface area contributed by atoms with Gasteiger partial charge in [0.2, 0.25) is 0 Å². The highest BCUT2D eigenvalue weighted by Crippen LogP contribution is 2.30. The second-order valence-corrected chi connectivity index (χ2v) is 7.00. The van der Waals surface area contributed by atoms with Gasteiger partial charge in [0.25, 0.3) is 0 Å². The highest BCUT2D eigenvalue weighted by molar-refractivity contribution is 7.18. The van der Waals surface area contributed by atoms with Crippen molar-refractivity contribution < 1.29 is 5.11 Å². The van der Waals surface area contributed by atoms with Crippen LogP contribution in [0.4, 0.5) is 11.5 Å². The minimum atomic E-state index is 0.316. The van der Waals surface area contributed by atoms with Crippen molar-refractivity contribution >= 4 is 33.1 Å². The first-order chi connectivity index (χ1) is 11.2. The summed E-state index contributed by atoms with van der Waals surface area (Å²) in [5.74, 6) is 1.35. The van der Waals surface area contributed by atoms with E-state index in [0.29, 0.717) is 5.75 Å². The molecule has 1 aliphatic heterocycles. The molecule has 0 atom stereocenters. The third kappa shape index (κ3) is 2.70. The summed E-state index contributed by atoms with van der Waals surface area (Å²) in [5, 5.41) is 10.8. The molecule has 1 N–H and O–H groups in total. The summed E-state index contributed by atoms with van der Waals surface area (Å²) >= 11 is 1.71. The molecule has 0 saturated carbocycles. The zero-order chi connectivity index (χ0) is 15.8. The number of aryl methyl sites for hydroxylation is 1. The minimum Gasteiger partial charge on any atom is -0.508 e. The zero-order valence-corrected chi connectivity index (χ0v) is 13.8. The average molecular weight is 326 g/mol. The second kappa shape index (κ2) is 5.70. The number of aromatic hydroxyl groups is 1. The number of phenols is 1. The van der Waals surface area contributed by atoms with Crippen molar-refractivity contribution in [1.29, 1.82) is 0 Å². The molecule has 1 fully saturated rings. The number of anilines is 2. The number of benzene rings is 1. The van der Waals surface area contributed by atoms with E-state index in [9.17, 15) is 5.11 Å². The molecule has 2 aromatic heterocycles. The van der Waals surface area contributed by atoms with Crippen LogP contribution in [0.1, 0.15) is 4.88 Å². The lowest BCUT2D eigenvalue weighted by atomic mass is 10.2. The largest absolute Gasteiger partial charge is 0.508 e. The standard InChI is InChI=1S/C17H18N4OS/c1-12-9-15-16(18-11-19-17(15)23-12)21-7-5-20(6-8-21)13-3-2-4-14(22)10-13/h2-4,9-11,22H,5-8H2,1H3. The molecule has 0 aliphatic carbocycles. The molecular formula is C17H18N4OS. The zero-order valence-electron chi connectivity index (χ0n) is 12.9. The van der Waals surface area contributed by atoms with Crippen molar-refractivity contribution in [2.75, 3.05) is 36.0 Å². The number of thiophene rings is 1. The molecule has 1 aromatic carbocycles. The molecule has 3 heterocycles. The van der Waals surface area contributed by atoms with Crippen molar-refractivity contribution in [3.8, 4) is 5.75 Å². The highest BCUT2D eigenvalue weighted by Gasteiger charge is 2.21. The molecule has 0 amide bonds. The Kier molecular flexibility index (Phi) is 3.53. The van der Waals surface area contributed by atoms with E-state index in [2.05, 4.69) is 32.8 Å². The highest BCUT2D eigenvalue weighted by atomic mass is 32.1. The predicted molar refractivity (Wildman–Crippen MR) is 94.7 cm³/mol. The predicted octanol–water partition coefficient (Wildman–Crippen LogP) is 3.03. The summed E-state index contributed by atoms with van der Waals surface area (Å²) in [6.07, 6.45) is 1.66. The van der Waals surface area contributed by atoms with E-state index >= 15 is 0 Å². The number of piperazine rings is 1. The SMILES string of the molecule is Cc1cc2c(N3CCN(c4cccc(O)c4)CC3)ncnc2s1. The van der Waals surface area contributed by atoms with Gasteiger partial charge >= 0.3 is 0 Å². The van der Waals surface area contributed by atoms with Crippen molar-refractivity contribution in [2.24, 2.45) is 0 Å². The van der Waals surface area contributed by atoms with E-state index < -0.39 is 0 Å². The number of aromatic nitrogens is 2. The Hall–Kier alpha value is -2.34. The van der Waals surface area contributed by atoms with Crippen LogP contribution in [-0.2, 0) is 0 Å². The molecule has 6 heteroatoms. The topological polar surface area (TPSA) is 52.5 Å². The molecular weight excluding hydrogens is 308 g/mol. The number of phenolic OH excluding ortho intramolecular Hbond substituents is 1. The number of hydrogen-bond donors (Lipinski definition) is 1. The molecule has 1 saturated heterocycles. The van der Waals surface area contributed by atoms with Gasteiger partial charge in [-0.15, -0.1) is 11.3 Å². The minimum absolute atomic E-state index is 0.316. The summed E-state index contributed by atoms with van der Waals surface area (Å²) in [6, 6.07) is 9.63. The van der Waals surface area contributed by atoms with Crippen molar-refractivity contribution in [3.05, 3.63) is 41.5 Å². The third-order valence-electron chi connectivity index (χ3n) is 4.21. The number of fused-ring (bicyclic) bond motifs is 1. The van der Waals surface area contributed by atoms with Crippen molar-refractivity contribution in [3.63, 3.8) is 0 Å². The van der Waals surface area contributed by atoms with Gasteiger partial charge in [0.1, 0.15) is 22.7 Å². The summed E-state index contributed by atoms with van der Waals surface area (Å²) in [6.45, 7) is 5.76. The van der Waals surface area contributed by atoms with Crippen LogP contribution in [0.3, 0.4) is 0 Å². The van der Waals surface area contributed by atoms with Crippen LogP contribution < -0.4 is 9.80 Å². The van der Waals surface area contributed by atoms with Gasteiger partial charge in [-0.25, -0.2) is 9.97 Å². The van der Waals surface area contributed by atoms with Gasteiger partial charge < -0.3 is 14.9 Å². The molecule has 23 heavy (non-hydrogen) atoms. The van der Waals surface area contributed by atoms with E-state index in [0.717, 1.165) is 47.9 Å². The Morgan fingerprint density at radius 2 is 1.83 bits per heavy atom. The van der Waals surface area contributed by atoms with Gasteiger partial charge in [0.05, 0.1) is 5.39 Å². The van der Waals surface area contributed by atoms with Crippen LogP contribution in [0.15, 0.2) is 36.7 Å². The first-order valence-corrected chi connectivity index (χ1v) is 8.52. The van der Waals surface area contributed by atoms with Crippen LogP contribution >= 0.6 is 11.3 Å². The maximum Gasteiger partial charge on any atom is 0.140 e. The number of rotatable bonds is 2. The fourth-order valence-corrected chi connectivity index (χ4v) is 3.92. The van der Waals surface area contributed by atoms with E-state index in [1.807, 2.05) is 18.2 Å². The first-order valence-electron chi connectivity index (χ1n) is 7.71. The maximum absolute atomic E-state index is 9.64. The fourth-order valence-electron chi connectivity index (χ4n) is 3.08. The quantitative estimate of drug-likeness (QED) is 0.784. The first kappa shape index (κ1) is 14.3. The Balaban J connectivity index is 1.55. The molecule has 1 aliphatic rings. The Morgan fingerprint density at radius 1 is 1.04 bits per heavy atom. The lowest BCUT2D eigenvalue weighted by Crippen LogP contribution is -2.46. The summed E-state index contributed by atoms with van der Waals surface area (Å²) in [7, 11) is 0. The molecule has 0 unspecified atom stereocenters. The van der Waals surface area contributed by atoms with Crippen LogP contribution in [0.25, 0.3) is 10.2 Å². The summed E-state index contributed by atoms with van der Waals surface area (Å²) in [5.41, 5.74) is 1.07. The van der Waals surface area contributed by atoms with Crippen LogP contribution in [0.5, 0.6) is 5.75 Å². The smallest absolute Gasteiger partial charge is 0.140 e. The van der Waals surface area contributed by atoms with Gasteiger partial charge in [-0.2, -0.15) is 0 Å². The third-order valence-corrected chi connectivity index (χ3v) is 5.16.